The average molecular weight is 228 g/mol. The third-order valence-electron chi connectivity index (χ3n) is 1.10. The molecular weight excluding hydrogens is 208 g/mol. The van der Waals surface area contributed by atoms with Crippen LogP contribution in [-0.2, 0) is 14.3 Å². The maximum atomic E-state index is 10.6. The standard InChI is InChI=1S/C8H12O4.C4H8/c1-2-3-6-12-8(11)5-4-7(9)10;1-4(2)3/h4-5H,2-3,6H2,1H3,(H,9,10);1H2,2-3H3/b5-4-;. The predicted octanol–water partition coefficient (Wildman–Crippen LogP) is 2.55. The highest BCUT2D eigenvalue weighted by Gasteiger charge is 1.96. The van der Waals surface area contributed by atoms with Crippen LogP contribution in [0.1, 0.15) is 33.6 Å². The van der Waals surface area contributed by atoms with Crippen LogP contribution in [0.3, 0.4) is 0 Å². The van der Waals surface area contributed by atoms with Crippen LogP contribution in [0.4, 0.5) is 0 Å². The Morgan fingerprint density at radius 3 is 2.19 bits per heavy atom. The fourth-order valence-electron chi connectivity index (χ4n) is 0.505. The maximum absolute atomic E-state index is 10.6. The first-order chi connectivity index (χ1) is 7.40. The van der Waals surface area contributed by atoms with Gasteiger partial charge >= 0.3 is 11.9 Å². The van der Waals surface area contributed by atoms with Gasteiger partial charge in [0.15, 0.2) is 0 Å². The summed E-state index contributed by atoms with van der Waals surface area (Å²) in [5.41, 5.74) is 1.17. The van der Waals surface area contributed by atoms with Crippen molar-refractivity contribution >= 4 is 11.9 Å². The van der Waals surface area contributed by atoms with Gasteiger partial charge in [-0.2, -0.15) is 0 Å². The smallest absolute Gasteiger partial charge is 0.331 e. The van der Waals surface area contributed by atoms with Crippen LogP contribution in [0.5, 0.6) is 0 Å². The molecule has 0 unspecified atom stereocenters. The minimum absolute atomic E-state index is 0.347. The second-order valence-corrected chi connectivity index (χ2v) is 3.40. The van der Waals surface area contributed by atoms with E-state index in [-0.39, 0.29) is 0 Å². The van der Waals surface area contributed by atoms with E-state index >= 15 is 0 Å². The summed E-state index contributed by atoms with van der Waals surface area (Å²) in [5.74, 6) is -1.76. The molecule has 16 heavy (non-hydrogen) atoms. The molecule has 4 heteroatoms. The van der Waals surface area contributed by atoms with Crippen LogP contribution in [0, 0.1) is 0 Å². The molecule has 0 rings (SSSR count). The van der Waals surface area contributed by atoms with Crippen LogP contribution in [0.2, 0.25) is 0 Å². The Kier molecular flexibility index (Phi) is 12.1. The zero-order chi connectivity index (χ0) is 13.0. The third kappa shape index (κ3) is 22.8. The van der Waals surface area contributed by atoms with E-state index in [1.54, 1.807) is 0 Å². The molecule has 0 spiro atoms. The molecule has 0 aliphatic carbocycles. The van der Waals surface area contributed by atoms with Crippen LogP contribution in [0.15, 0.2) is 24.3 Å². The molecule has 0 aromatic carbocycles. The summed E-state index contributed by atoms with van der Waals surface area (Å²) in [6.45, 7) is 9.82. The van der Waals surface area contributed by atoms with E-state index in [4.69, 9.17) is 5.11 Å². The zero-order valence-corrected chi connectivity index (χ0v) is 10.2. The monoisotopic (exact) mass is 228 g/mol. The number of hydrogen-bond acceptors (Lipinski definition) is 3. The summed E-state index contributed by atoms with van der Waals surface area (Å²) >= 11 is 0. The number of carbonyl (C=O) groups excluding carboxylic acids is 1. The van der Waals surface area contributed by atoms with E-state index in [0.29, 0.717) is 6.61 Å². The highest BCUT2D eigenvalue weighted by Crippen LogP contribution is 1.89. The minimum Gasteiger partial charge on any atom is -0.478 e. The summed E-state index contributed by atoms with van der Waals surface area (Å²) in [7, 11) is 0. The molecule has 0 atom stereocenters. The number of ether oxygens (including phenoxy) is 1. The van der Waals surface area contributed by atoms with Crippen LogP contribution < -0.4 is 0 Å². The van der Waals surface area contributed by atoms with Crippen molar-refractivity contribution in [2.45, 2.75) is 33.6 Å². The molecule has 0 radical (unpaired) electrons. The Hall–Kier alpha value is -1.58. The fraction of sp³-hybridized carbons (Fsp3) is 0.500. The van der Waals surface area contributed by atoms with Gasteiger partial charge in [0.2, 0.25) is 0 Å². The summed E-state index contributed by atoms with van der Waals surface area (Å²) < 4.78 is 4.64. The second kappa shape index (κ2) is 11.5. The number of allylic oxidation sites excluding steroid dienone is 1. The normalized spacial score (nSPS) is 9.19. The molecule has 92 valence electrons. The topological polar surface area (TPSA) is 63.6 Å². The van der Waals surface area contributed by atoms with Gasteiger partial charge in [0, 0.05) is 12.2 Å². The molecule has 0 aliphatic heterocycles. The second-order valence-electron chi connectivity index (χ2n) is 3.40. The lowest BCUT2D eigenvalue weighted by atomic mass is 10.4. The molecule has 0 aromatic heterocycles. The van der Waals surface area contributed by atoms with E-state index in [2.05, 4.69) is 11.3 Å². The van der Waals surface area contributed by atoms with Crippen LogP contribution in [-0.4, -0.2) is 23.7 Å². The van der Waals surface area contributed by atoms with Gasteiger partial charge in [-0.15, -0.1) is 6.58 Å². The molecule has 0 amide bonds. The van der Waals surface area contributed by atoms with E-state index in [0.717, 1.165) is 25.0 Å². The van der Waals surface area contributed by atoms with Gasteiger partial charge in [-0.3, -0.25) is 0 Å². The fourth-order valence-corrected chi connectivity index (χ4v) is 0.505. The molecule has 0 aliphatic rings. The first-order valence-electron chi connectivity index (χ1n) is 5.10. The predicted molar refractivity (Wildman–Crippen MR) is 63.1 cm³/mol. The van der Waals surface area contributed by atoms with E-state index < -0.39 is 11.9 Å². The van der Waals surface area contributed by atoms with Crippen molar-refractivity contribution in [1.29, 1.82) is 0 Å². The lowest BCUT2D eigenvalue weighted by Crippen LogP contribution is -2.02. The molecular formula is C12H20O4. The Labute approximate surface area is 96.6 Å². The van der Waals surface area contributed by atoms with Crippen molar-refractivity contribution in [2.75, 3.05) is 6.61 Å². The summed E-state index contributed by atoms with van der Waals surface area (Å²) in [6, 6.07) is 0. The lowest BCUT2D eigenvalue weighted by Gasteiger charge is -1.97. The van der Waals surface area contributed by atoms with Crippen molar-refractivity contribution < 1.29 is 19.4 Å². The maximum Gasteiger partial charge on any atom is 0.331 e. The van der Waals surface area contributed by atoms with Gasteiger partial charge in [-0.25, -0.2) is 9.59 Å². The summed E-state index contributed by atoms with van der Waals surface area (Å²) in [4.78, 5) is 20.6. The van der Waals surface area contributed by atoms with Crippen LogP contribution >= 0.6 is 0 Å². The number of aliphatic carboxylic acids is 1. The number of carbonyl (C=O) groups is 2. The highest BCUT2D eigenvalue weighted by molar-refractivity contribution is 5.90. The number of unbranched alkanes of at least 4 members (excludes halogenated alkanes) is 1. The Morgan fingerprint density at radius 1 is 1.31 bits per heavy atom. The molecule has 0 fully saturated rings. The van der Waals surface area contributed by atoms with Crippen molar-refractivity contribution in [2.24, 2.45) is 0 Å². The number of carboxylic acids is 1. The van der Waals surface area contributed by atoms with Gasteiger partial charge in [-0.1, -0.05) is 18.9 Å². The van der Waals surface area contributed by atoms with Crippen molar-refractivity contribution in [3.05, 3.63) is 24.3 Å². The first-order valence-corrected chi connectivity index (χ1v) is 5.10. The zero-order valence-electron chi connectivity index (χ0n) is 10.2. The van der Waals surface area contributed by atoms with E-state index in [1.807, 2.05) is 20.8 Å². The Bertz CT molecular complexity index is 250. The molecule has 4 nitrogen and oxygen atoms in total. The Morgan fingerprint density at radius 2 is 1.81 bits per heavy atom. The van der Waals surface area contributed by atoms with Gasteiger partial charge in [0.1, 0.15) is 0 Å². The van der Waals surface area contributed by atoms with Gasteiger partial charge in [0.05, 0.1) is 6.61 Å². The average Bonchev–Trinajstić information content (AvgIpc) is 2.14. The van der Waals surface area contributed by atoms with Gasteiger partial charge in [0.25, 0.3) is 0 Å². The molecule has 0 saturated carbocycles. The number of carboxylic acid groups (broad SMARTS) is 1. The van der Waals surface area contributed by atoms with Crippen LogP contribution in [0.25, 0.3) is 0 Å². The van der Waals surface area contributed by atoms with Crippen molar-refractivity contribution in [3.63, 3.8) is 0 Å². The van der Waals surface area contributed by atoms with Gasteiger partial charge in [-0.05, 0) is 20.3 Å². The number of rotatable bonds is 5. The largest absolute Gasteiger partial charge is 0.478 e. The summed E-state index contributed by atoms with van der Waals surface area (Å²) in [6.07, 6.45) is 3.40. The minimum atomic E-state index is -1.15. The van der Waals surface area contributed by atoms with Crippen molar-refractivity contribution in [3.8, 4) is 0 Å². The number of esters is 1. The SMILES string of the molecule is C=C(C)C.CCCCOC(=O)/C=C\C(=O)O. The molecule has 0 heterocycles. The molecule has 1 N–H and O–H groups in total. The molecule has 0 saturated heterocycles. The first kappa shape index (κ1) is 16.8. The Balaban J connectivity index is 0. The molecule has 0 bridgehead atoms. The number of hydrogen-bond donors (Lipinski definition) is 1. The molecule has 0 aromatic rings. The summed E-state index contributed by atoms with van der Waals surface area (Å²) in [5, 5.41) is 8.14. The quantitative estimate of drug-likeness (QED) is 0.340. The van der Waals surface area contributed by atoms with Gasteiger partial charge < -0.3 is 9.84 Å². The highest BCUT2D eigenvalue weighted by atomic mass is 16.5. The van der Waals surface area contributed by atoms with E-state index in [9.17, 15) is 9.59 Å². The van der Waals surface area contributed by atoms with E-state index in [1.165, 1.54) is 5.57 Å². The lowest BCUT2D eigenvalue weighted by molar-refractivity contribution is -0.138. The van der Waals surface area contributed by atoms with Crippen molar-refractivity contribution in [1.82, 2.24) is 0 Å². The third-order valence-corrected chi connectivity index (χ3v) is 1.10.